The second kappa shape index (κ2) is 12.5. The summed E-state index contributed by atoms with van der Waals surface area (Å²) in [6, 6.07) is 7.85. The number of carbonyl (C=O) groups excluding carboxylic acids is 1. The molecule has 0 saturated heterocycles. The minimum atomic E-state index is -3.93. The van der Waals surface area contributed by atoms with Gasteiger partial charge < -0.3 is 14.7 Å². The zero-order chi connectivity index (χ0) is 27.2. The van der Waals surface area contributed by atoms with Gasteiger partial charge in [0, 0.05) is 49.9 Å². The molecule has 0 aliphatic carbocycles. The van der Waals surface area contributed by atoms with Crippen LogP contribution in [0.5, 0.6) is 5.75 Å². The van der Waals surface area contributed by atoms with Crippen LogP contribution in [0.15, 0.2) is 47.6 Å². The number of carbonyl (C=O) groups is 1. The summed E-state index contributed by atoms with van der Waals surface area (Å²) in [4.78, 5) is 18.6. The van der Waals surface area contributed by atoms with Crippen LogP contribution in [0.25, 0.3) is 0 Å². The zero-order valence-electron chi connectivity index (χ0n) is 22.2. The van der Waals surface area contributed by atoms with E-state index in [9.17, 15) is 18.3 Å². The van der Waals surface area contributed by atoms with Crippen molar-refractivity contribution in [1.82, 2.24) is 14.2 Å². The lowest BCUT2D eigenvalue weighted by Gasteiger charge is -2.37. The lowest BCUT2D eigenvalue weighted by atomic mass is 10.0. The molecule has 9 heteroatoms. The highest BCUT2D eigenvalue weighted by atomic mass is 32.2. The monoisotopic (exact) mass is 527 g/mol. The van der Waals surface area contributed by atoms with Crippen LogP contribution in [-0.4, -0.2) is 72.5 Å². The fourth-order valence-electron chi connectivity index (χ4n) is 4.06. The number of amides is 1. The maximum absolute atomic E-state index is 13.6. The first-order valence-corrected chi connectivity index (χ1v) is 14.0. The van der Waals surface area contributed by atoms with Crippen molar-refractivity contribution in [1.29, 1.82) is 0 Å². The number of rotatable bonds is 7. The normalized spacial score (nSPS) is 20.0. The van der Waals surface area contributed by atoms with Gasteiger partial charge in [0.1, 0.15) is 16.7 Å². The fraction of sp³-hybridized carbons (Fsp3) is 0.500. The summed E-state index contributed by atoms with van der Waals surface area (Å²) in [5.41, 5.74) is 1.52. The molecule has 0 spiro atoms. The van der Waals surface area contributed by atoms with Gasteiger partial charge in [-0.25, -0.2) is 8.42 Å². The third-order valence-electron chi connectivity index (χ3n) is 6.39. The number of aliphatic hydroxyl groups is 1. The first kappa shape index (κ1) is 28.6. The third-order valence-corrected chi connectivity index (χ3v) is 8.41. The highest BCUT2D eigenvalue weighted by molar-refractivity contribution is 7.89. The van der Waals surface area contributed by atoms with Crippen molar-refractivity contribution >= 4 is 15.9 Å². The molecule has 0 saturated carbocycles. The molecule has 1 aromatic carbocycles. The predicted octanol–water partition coefficient (Wildman–Crippen LogP) is 2.95. The Kier molecular flexibility index (Phi) is 9.71. The van der Waals surface area contributed by atoms with E-state index in [1.165, 1.54) is 10.4 Å². The number of sulfonamides is 1. The van der Waals surface area contributed by atoms with Crippen LogP contribution in [0.3, 0.4) is 0 Å². The summed E-state index contributed by atoms with van der Waals surface area (Å²) in [7, 11) is -2.21. The summed E-state index contributed by atoms with van der Waals surface area (Å²) in [5, 5.41) is 9.81. The second-order valence-corrected chi connectivity index (χ2v) is 12.0. The molecule has 0 bridgehead atoms. The lowest BCUT2D eigenvalue weighted by molar-refractivity contribution is -0.130. The Hall–Kier alpha value is -2.93. The van der Waals surface area contributed by atoms with E-state index in [2.05, 4.69) is 30.7 Å². The van der Waals surface area contributed by atoms with Gasteiger partial charge in [-0.3, -0.25) is 9.78 Å². The van der Waals surface area contributed by atoms with Gasteiger partial charge in [0.2, 0.25) is 15.9 Å². The Morgan fingerprint density at radius 1 is 1.24 bits per heavy atom. The van der Waals surface area contributed by atoms with Gasteiger partial charge >= 0.3 is 0 Å². The Morgan fingerprint density at radius 3 is 2.59 bits per heavy atom. The van der Waals surface area contributed by atoms with Crippen molar-refractivity contribution in [2.24, 2.45) is 11.8 Å². The fourth-order valence-corrected chi connectivity index (χ4v) is 5.89. The Labute approximate surface area is 220 Å². The second-order valence-electron chi connectivity index (χ2n) is 10.1. The smallest absolute Gasteiger partial charge is 0.247 e. The lowest BCUT2D eigenvalue weighted by Crippen LogP contribution is -2.50. The van der Waals surface area contributed by atoms with Crippen LogP contribution in [0, 0.1) is 23.7 Å². The zero-order valence-corrected chi connectivity index (χ0v) is 23.0. The van der Waals surface area contributed by atoms with E-state index in [1.807, 2.05) is 6.92 Å². The summed E-state index contributed by atoms with van der Waals surface area (Å²) < 4.78 is 34.9. The highest BCUT2D eigenvalue weighted by Gasteiger charge is 2.38. The molecule has 1 N–H and O–H groups in total. The van der Waals surface area contributed by atoms with Crippen LogP contribution in [0.1, 0.15) is 45.2 Å². The van der Waals surface area contributed by atoms with Crippen molar-refractivity contribution in [3.8, 4) is 17.6 Å². The molecule has 8 nitrogen and oxygen atoms in total. The molecule has 3 atom stereocenters. The Morgan fingerprint density at radius 2 is 1.95 bits per heavy atom. The van der Waals surface area contributed by atoms with Gasteiger partial charge in [-0.15, -0.1) is 0 Å². The van der Waals surface area contributed by atoms with Crippen LogP contribution in [-0.2, 0) is 21.2 Å². The number of nitrogens with zero attached hydrogens (tertiary/aromatic N) is 3. The molecule has 200 valence electrons. The number of pyridine rings is 1. The van der Waals surface area contributed by atoms with Gasteiger partial charge in [0.15, 0.2) is 0 Å². The number of hydrogen-bond donors (Lipinski definition) is 1. The van der Waals surface area contributed by atoms with E-state index < -0.39 is 22.2 Å². The predicted molar refractivity (Wildman–Crippen MR) is 142 cm³/mol. The quantitative estimate of drug-likeness (QED) is 0.556. The van der Waals surface area contributed by atoms with Crippen molar-refractivity contribution in [3.63, 3.8) is 0 Å². The topological polar surface area (TPSA) is 100 Å². The summed E-state index contributed by atoms with van der Waals surface area (Å²) in [5.74, 6) is 6.52. The maximum atomic E-state index is 13.6. The van der Waals surface area contributed by atoms with Gasteiger partial charge in [0.05, 0.1) is 19.6 Å². The average molecular weight is 528 g/mol. The van der Waals surface area contributed by atoms with E-state index in [-0.39, 0.29) is 48.6 Å². The maximum Gasteiger partial charge on any atom is 0.247 e. The van der Waals surface area contributed by atoms with Crippen molar-refractivity contribution in [2.75, 3.05) is 26.7 Å². The molecule has 1 aliphatic heterocycles. The standard InChI is InChI=1S/C28H37N3O5S/c1-20(2)7-6-8-23-9-10-27-25(15-23)36-26(21(3)17-31(22(4)19-32)37(27,34)35)18-30(5)28(33)16-24-11-13-29-14-12-24/h9-15,20-22,26,32H,7,16-19H2,1-5H3/t21-,22+,26+/m0/s1. The first-order valence-electron chi connectivity index (χ1n) is 12.6. The molecule has 37 heavy (non-hydrogen) atoms. The van der Waals surface area contributed by atoms with Gasteiger partial charge in [0.25, 0.3) is 0 Å². The number of fused-ring (bicyclic) bond motifs is 1. The molecule has 2 heterocycles. The Bertz CT molecular complexity index is 1240. The largest absolute Gasteiger partial charge is 0.487 e. The number of aromatic nitrogens is 1. The van der Waals surface area contributed by atoms with Crippen LogP contribution >= 0.6 is 0 Å². The molecule has 1 aliphatic rings. The molecule has 2 aromatic rings. The molecular weight excluding hydrogens is 490 g/mol. The van der Waals surface area contributed by atoms with E-state index in [0.717, 1.165) is 12.0 Å². The molecule has 0 radical (unpaired) electrons. The first-order chi connectivity index (χ1) is 17.5. The highest BCUT2D eigenvalue weighted by Crippen LogP contribution is 2.34. The molecular formula is C28H37N3O5S. The summed E-state index contributed by atoms with van der Waals surface area (Å²) >= 11 is 0. The van der Waals surface area contributed by atoms with Crippen molar-refractivity contribution < 1.29 is 23.1 Å². The third kappa shape index (κ3) is 7.31. The SMILES string of the molecule is CC(C)CC#Cc1ccc2c(c1)O[C@H](CN(C)C(=O)Cc1ccncc1)[C@@H](C)CN([C@H](C)CO)S2(=O)=O. The number of ether oxygens (including phenoxy) is 1. The van der Waals surface area contributed by atoms with E-state index in [0.29, 0.717) is 11.5 Å². The minimum absolute atomic E-state index is 0.0323. The van der Waals surface area contributed by atoms with Gasteiger partial charge in [-0.05, 0) is 48.7 Å². The van der Waals surface area contributed by atoms with Crippen LogP contribution in [0.4, 0.5) is 0 Å². The van der Waals surface area contributed by atoms with Crippen molar-refractivity contribution in [2.45, 2.75) is 57.6 Å². The number of hydrogen-bond acceptors (Lipinski definition) is 6. The number of aliphatic hydroxyl groups excluding tert-OH is 1. The van der Waals surface area contributed by atoms with E-state index in [4.69, 9.17) is 4.74 Å². The number of benzene rings is 1. The summed E-state index contributed by atoms with van der Waals surface area (Å²) in [6.07, 6.45) is 3.78. The summed E-state index contributed by atoms with van der Waals surface area (Å²) in [6.45, 7) is 7.86. The van der Waals surface area contributed by atoms with E-state index in [1.54, 1.807) is 55.5 Å². The minimum Gasteiger partial charge on any atom is -0.487 e. The molecule has 0 fully saturated rings. The van der Waals surface area contributed by atoms with E-state index >= 15 is 0 Å². The average Bonchev–Trinajstić information content (AvgIpc) is 2.86. The molecule has 1 aromatic heterocycles. The Balaban J connectivity index is 1.95. The molecule has 3 rings (SSSR count). The molecule has 1 amide bonds. The van der Waals surface area contributed by atoms with Crippen LogP contribution < -0.4 is 4.74 Å². The van der Waals surface area contributed by atoms with Gasteiger partial charge in [-0.1, -0.05) is 32.6 Å². The number of likely N-dealkylation sites (N-methyl/N-ethyl adjacent to an activating group) is 1. The van der Waals surface area contributed by atoms with Crippen molar-refractivity contribution in [3.05, 3.63) is 53.9 Å². The van der Waals surface area contributed by atoms with Gasteiger partial charge in [-0.2, -0.15) is 4.31 Å². The molecule has 0 unspecified atom stereocenters. The van der Waals surface area contributed by atoms with Crippen LogP contribution in [0.2, 0.25) is 0 Å².